The van der Waals surface area contributed by atoms with Crippen LogP contribution in [0, 0.1) is 0 Å². The first-order chi connectivity index (χ1) is 3.91. The highest BCUT2D eigenvalue weighted by Gasteiger charge is 1.83. The first-order valence-electron chi connectivity index (χ1n) is 2.42. The van der Waals surface area contributed by atoms with E-state index in [2.05, 4.69) is 0 Å². The van der Waals surface area contributed by atoms with Crippen LogP contribution in [0.3, 0.4) is 0 Å². The number of nitrogens with two attached hydrogens (primary N) is 1. The van der Waals surface area contributed by atoms with E-state index in [-0.39, 0.29) is 6.61 Å². The summed E-state index contributed by atoms with van der Waals surface area (Å²) >= 11 is 1.25. The molecule has 8 heavy (non-hydrogen) atoms. The molecule has 4 heteroatoms. The molecule has 0 radical (unpaired) electrons. The van der Waals surface area contributed by atoms with E-state index in [1.165, 1.54) is 11.9 Å². The van der Waals surface area contributed by atoms with Crippen molar-refractivity contribution in [2.45, 2.75) is 0 Å². The molecule has 0 bridgehead atoms. The zero-order chi connectivity index (χ0) is 6.24. The SMILES string of the molecule is NSCCOCCO. The van der Waals surface area contributed by atoms with Crippen LogP contribution in [0.25, 0.3) is 0 Å². The summed E-state index contributed by atoms with van der Waals surface area (Å²) in [7, 11) is 0. The quantitative estimate of drug-likeness (QED) is 0.400. The molecule has 0 heterocycles. The van der Waals surface area contributed by atoms with Gasteiger partial charge in [-0.05, 0) is 0 Å². The van der Waals surface area contributed by atoms with Crippen LogP contribution in [0.5, 0.6) is 0 Å². The lowest BCUT2D eigenvalue weighted by molar-refractivity contribution is 0.103. The van der Waals surface area contributed by atoms with Crippen molar-refractivity contribution < 1.29 is 9.84 Å². The van der Waals surface area contributed by atoms with Gasteiger partial charge in [-0.2, -0.15) is 0 Å². The first kappa shape index (κ1) is 8.23. The summed E-state index contributed by atoms with van der Waals surface area (Å²) < 4.78 is 4.87. The van der Waals surface area contributed by atoms with Crippen molar-refractivity contribution in [1.29, 1.82) is 0 Å². The molecule has 0 atom stereocenters. The molecule has 0 aromatic carbocycles. The fourth-order valence-corrected chi connectivity index (χ4v) is 0.488. The highest BCUT2D eigenvalue weighted by atomic mass is 32.2. The Morgan fingerprint density at radius 1 is 1.50 bits per heavy atom. The van der Waals surface area contributed by atoms with Gasteiger partial charge < -0.3 is 9.84 Å². The lowest BCUT2D eigenvalue weighted by Gasteiger charge is -1.97. The normalized spacial score (nSPS) is 9.75. The smallest absolute Gasteiger partial charge is 0.0698 e. The zero-order valence-electron chi connectivity index (χ0n) is 4.67. The highest BCUT2D eigenvalue weighted by Crippen LogP contribution is 1.84. The Hall–Kier alpha value is 0.230. The Balaban J connectivity index is 2.53. The average Bonchev–Trinajstić information content (AvgIpc) is 1.81. The standard InChI is InChI=1S/C4H11NO2S/c5-8-4-3-7-2-1-6/h6H,1-5H2. The number of ether oxygens (including phenoxy) is 1. The predicted octanol–water partition coefficient (Wildman–Crippen LogP) is -0.398. The summed E-state index contributed by atoms with van der Waals surface area (Å²) in [6, 6.07) is 0. The van der Waals surface area contributed by atoms with Crippen molar-refractivity contribution in [2.75, 3.05) is 25.6 Å². The molecule has 3 nitrogen and oxygen atoms in total. The largest absolute Gasteiger partial charge is 0.394 e. The molecular weight excluding hydrogens is 126 g/mol. The number of hydrogen-bond donors (Lipinski definition) is 2. The first-order valence-corrected chi connectivity index (χ1v) is 3.47. The van der Waals surface area contributed by atoms with Gasteiger partial charge in [0, 0.05) is 5.75 Å². The maximum atomic E-state index is 8.20. The van der Waals surface area contributed by atoms with Crippen LogP contribution in [-0.4, -0.2) is 30.7 Å². The summed E-state index contributed by atoms with van der Waals surface area (Å²) in [6.45, 7) is 1.14. The van der Waals surface area contributed by atoms with Crippen LogP contribution >= 0.6 is 11.9 Å². The minimum absolute atomic E-state index is 0.0925. The molecule has 0 aliphatic heterocycles. The van der Waals surface area contributed by atoms with Gasteiger partial charge in [-0.1, -0.05) is 11.9 Å². The molecule has 0 aromatic heterocycles. The Bertz CT molecular complexity index is 39.0. The zero-order valence-corrected chi connectivity index (χ0v) is 5.49. The third-order valence-corrected chi connectivity index (χ3v) is 0.984. The van der Waals surface area contributed by atoms with Gasteiger partial charge in [-0.3, -0.25) is 5.14 Å². The number of aliphatic hydroxyl groups is 1. The van der Waals surface area contributed by atoms with E-state index in [0.717, 1.165) is 5.75 Å². The molecule has 0 spiro atoms. The van der Waals surface area contributed by atoms with Crippen LogP contribution in [0.4, 0.5) is 0 Å². The predicted molar refractivity (Wildman–Crippen MR) is 34.6 cm³/mol. The van der Waals surface area contributed by atoms with Crippen molar-refractivity contribution in [3.63, 3.8) is 0 Å². The van der Waals surface area contributed by atoms with Crippen LogP contribution in [0.2, 0.25) is 0 Å². The maximum absolute atomic E-state index is 8.20. The lowest BCUT2D eigenvalue weighted by atomic mass is 10.7. The molecule has 0 rings (SSSR count). The number of rotatable bonds is 5. The van der Waals surface area contributed by atoms with E-state index in [9.17, 15) is 0 Å². The summed E-state index contributed by atoms with van der Waals surface area (Å²) in [5, 5.41) is 13.3. The molecule has 0 aromatic rings. The topological polar surface area (TPSA) is 55.5 Å². The third kappa shape index (κ3) is 6.23. The second-order valence-corrected chi connectivity index (χ2v) is 1.95. The minimum atomic E-state index is 0.0925. The monoisotopic (exact) mass is 137 g/mol. The maximum Gasteiger partial charge on any atom is 0.0698 e. The fraction of sp³-hybridized carbons (Fsp3) is 1.00. The molecular formula is C4H11NO2S. The van der Waals surface area contributed by atoms with Crippen LogP contribution in [0.1, 0.15) is 0 Å². The summed E-state index contributed by atoms with van der Waals surface area (Å²) in [5.41, 5.74) is 0. The van der Waals surface area contributed by atoms with Gasteiger partial charge in [-0.25, -0.2) is 0 Å². The fourth-order valence-electron chi connectivity index (χ4n) is 0.274. The molecule has 50 valence electrons. The van der Waals surface area contributed by atoms with Gasteiger partial charge in [0.2, 0.25) is 0 Å². The van der Waals surface area contributed by atoms with Gasteiger partial charge >= 0.3 is 0 Å². The molecule has 0 fully saturated rings. The van der Waals surface area contributed by atoms with E-state index < -0.39 is 0 Å². The highest BCUT2D eigenvalue weighted by molar-refractivity contribution is 7.97. The van der Waals surface area contributed by atoms with E-state index in [0.29, 0.717) is 13.2 Å². The molecule has 0 saturated carbocycles. The van der Waals surface area contributed by atoms with Gasteiger partial charge in [0.15, 0.2) is 0 Å². The Labute approximate surface area is 53.3 Å². The van der Waals surface area contributed by atoms with E-state index in [4.69, 9.17) is 15.0 Å². The van der Waals surface area contributed by atoms with Gasteiger partial charge in [-0.15, -0.1) is 0 Å². The summed E-state index contributed by atoms with van der Waals surface area (Å²) in [4.78, 5) is 0. The lowest BCUT2D eigenvalue weighted by Crippen LogP contribution is -2.03. The molecule has 0 unspecified atom stereocenters. The van der Waals surface area contributed by atoms with Crippen molar-refractivity contribution in [1.82, 2.24) is 0 Å². The molecule has 0 aliphatic rings. The molecule has 0 saturated heterocycles. The third-order valence-electron chi connectivity index (χ3n) is 0.581. The van der Waals surface area contributed by atoms with Crippen molar-refractivity contribution in [3.05, 3.63) is 0 Å². The summed E-state index contributed by atoms with van der Waals surface area (Å²) in [6.07, 6.45) is 0. The van der Waals surface area contributed by atoms with Crippen molar-refractivity contribution in [3.8, 4) is 0 Å². The van der Waals surface area contributed by atoms with E-state index in [1.54, 1.807) is 0 Å². The van der Waals surface area contributed by atoms with Gasteiger partial charge in [0.1, 0.15) is 0 Å². The molecule has 3 N–H and O–H groups in total. The molecule has 0 amide bonds. The van der Waals surface area contributed by atoms with Gasteiger partial charge in [0.05, 0.1) is 19.8 Å². The van der Waals surface area contributed by atoms with E-state index in [1.807, 2.05) is 0 Å². The second kappa shape index (κ2) is 7.23. The minimum Gasteiger partial charge on any atom is -0.394 e. The Morgan fingerprint density at radius 2 is 2.25 bits per heavy atom. The van der Waals surface area contributed by atoms with Crippen molar-refractivity contribution >= 4 is 11.9 Å². The Morgan fingerprint density at radius 3 is 2.75 bits per heavy atom. The second-order valence-electron chi connectivity index (χ2n) is 1.21. The van der Waals surface area contributed by atoms with Crippen LogP contribution in [0.15, 0.2) is 0 Å². The van der Waals surface area contributed by atoms with Crippen LogP contribution < -0.4 is 5.14 Å². The van der Waals surface area contributed by atoms with E-state index >= 15 is 0 Å². The van der Waals surface area contributed by atoms with Crippen LogP contribution in [-0.2, 0) is 4.74 Å². The summed E-state index contributed by atoms with van der Waals surface area (Å²) in [5.74, 6) is 0.792. The average molecular weight is 137 g/mol. The number of hydrogen-bond acceptors (Lipinski definition) is 4. The van der Waals surface area contributed by atoms with Crippen molar-refractivity contribution in [2.24, 2.45) is 5.14 Å². The van der Waals surface area contributed by atoms with Gasteiger partial charge in [0.25, 0.3) is 0 Å². The Kier molecular flexibility index (Phi) is 7.44. The molecule has 0 aliphatic carbocycles. The number of aliphatic hydroxyl groups excluding tert-OH is 1.